The van der Waals surface area contributed by atoms with E-state index in [0.717, 1.165) is 5.75 Å². The van der Waals surface area contributed by atoms with Gasteiger partial charge >= 0.3 is 0 Å². The molecule has 0 radical (unpaired) electrons. The van der Waals surface area contributed by atoms with E-state index in [1.54, 1.807) is 7.11 Å². The highest BCUT2D eigenvalue weighted by Crippen LogP contribution is 2.29. The van der Waals surface area contributed by atoms with Crippen LogP contribution in [-0.2, 0) is 19.7 Å². The van der Waals surface area contributed by atoms with Crippen molar-refractivity contribution in [2.24, 2.45) is 0 Å². The van der Waals surface area contributed by atoms with E-state index < -0.39 is 6.10 Å². The first kappa shape index (κ1) is 16.0. The summed E-state index contributed by atoms with van der Waals surface area (Å²) >= 11 is 0. The molecule has 0 N–H and O–H groups in total. The summed E-state index contributed by atoms with van der Waals surface area (Å²) in [6, 6.07) is 8.03. The van der Waals surface area contributed by atoms with Crippen LogP contribution in [0.5, 0.6) is 5.75 Å². The molecule has 0 aromatic heterocycles. The molecule has 1 saturated carbocycles. The van der Waals surface area contributed by atoms with Gasteiger partial charge in [-0.3, -0.25) is 4.79 Å². The minimum absolute atomic E-state index is 0.0726. The maximum absolute atomic E-state index is 11.6. The van der Waals surface area contributed by atoms with E-state index in [2.05, 4.69) is 26.8 Å². The standard InChI is InChI=1S/C17H24O4/c1-17(2,3)12-6-5-7-13(10-12)21-15-11-14(18)16(15)20-9-8-19-4/h5-7,10,15-16H,8-9,11H2,1-4H3. The largest absolute Gasteiger partial charge is 0.487 e. The molecule has 4 nitrogen and oxygen atoms in total. The van der Waals surface area contributed by atoms with Crippen LogP contribution in [-0.4, -0.2) is 38.3 Å². The van der Waals surface area contributed by atoms with Gasteiger partial charge in [0.15, 0.2) is 11.9 Å². The Labute approximate surface area is 126 Å². The quantitative estimate of drug-likeness (QED) is 0.756. The lowest BCUT2D eigenvalue weighted by atomic mass is 9.87. The molecule has 4 heteroatoms. The Balaban J connectivity index is 1.97. The molecular formula is C17H24O4. The van der Waals surface area contributed by atoms with Crippen LogP contribution in [0.25, 0.3) is 0 Å². The fourth-order valence-electron chi connectivity index (χ4n) is 2.24. The number of hydrogen-bond acceptors (Lipinski definition) is 4. The third-order valence-corrected chi connectivity index (χ3v) is 3.63. The summed E-state index contributed by atoms with van der Waals surface area (Å²) in [7, 11) is 1.61. The number of benzene rings is 1. The molecule has 0 bridgehead atoms. The number of methoxy groups -OCH3 is 1. The van der Waals surface area contributed by atoms with Gasteiger partial charge in [-0.15, -0.1) is 0 Å². The van der Waals surface area contributed by atoms with Gasteiger partial charge in [-0.2, -0.15) is 0 Å². The minimum atomic E-state index is -0.460. The Morgan fingerprint density at radius 3 is 2.62 bits per heavy atom. The maximum atomic E-state index is 11.6. The molecule has 116 valence electrons. The van der Waals surface area contributed by atoms with Crippen molar-refractivity contribution >= 4 is 5.78 Å². The Morgan fingerprint density at radius 1 is 1.24 bits per heavy atom. The van der Waals surface area contributed by atoms with Crippen LogP contribution in [0.4, 0.5) is 0 Å². The lowest BCUT2D eigenvalue weighted by Gasteiger charge is -2.35. The average Bonchev–Trinajstić information content (AvgIpc) is 2.42. The van der Waals surface area contributed by atoms with Crippen molar-refractivity contribution in [1.82, 2.24) is 0 Å². The zero-order chi connectivity index (χ0) is 15.5. The van der Waals surface area contributed by atoms with Crippen LogP contribution in [0.3, 0.4) is 0 Å². The number of hydrogen-bond donors (Lipinski definition) is 0. The molecule has 1 fully saturated rings. The maximum Gasteiger partial charge on any atom is 0.169 e. The summed E-state index contributed by atoms with van der Waals surface area (Å²) < 4.78 is 16.4. The van der Waals surface area contributed by atoms with Gasteiger partial charge in [-0.1, -0.05) is 32.9 Å². The predicted octanol–water partition coefficient (Wildman–Crippen LogP) is 2.74. The lowest BCUT2D eigenvalue weighted by Crippen LogP contribution is -2.52. The summed E-state index contributed by atoms with van der Waals surface area (Å²) in [6.07, 6.45) is -0.236. The summed E-state index contributed by atoms with van der Waals surface area (Å²) in [4.78, 5) is 11.6. The van der Waals surface area contributed by atoms with Crippen molar-refractivity contribution in [3.63, 3.8) is 0 Å². The second-order valence-electron chi connectivity index (χ2n) is 6.39. The van der Waals surface area contributed by atoms with Gasteiger partial charge in [-0.25, -0.2) is 0 Å². The van der Waals surface area contributed by atoms with Gasteiger partial charge in [0.2, 0.25) is 0 Å². The van der Waals surface area contributed by atoms with Crippen molar-refractivity contribution in [3.05, 3.63) is 29.8 Å². The van der Waals surface area contributed by atoms with E-state index in [0.29, 0.717) is 19.6 Å². The number of ether oxygens (including phenoxy) is 3. The molecule has 21 heavy (non-hydrogen) atoms. The van der Waals surface area contributed by atoms with Gasteiger partial charge in [0.1, 0.15) is 11.9 Å². The zero-order valence-corrected chi connectivity index (χ0v) is 13.2. The van der Waals surface area contributed by atoms with E-state index in [-0.39, 0.29) is 17.3 Å². The summed E-state index contributed by atoms with van der Waals surface area (Å²) in [5.41, 5.74) is 1.28. The lowest BCUT2D eigenvalue weighted by molar-refractivity contribution is -0.156. The van der Waals surface area contributed by atoms with Gasteiger partial charge in [0.05, 0.1) is 13.2 Å². The van der Waals surface area contributed by atoms with Gasteiger partial charge < -0.3 is 14.2 Å². The first-order chi connectivity index (χ1) is 9.91. The Bertz CT molecular complexity index is 490. The molecule has 1 aliphatic rings. The number of carbonyl (C=O) groups is 1. The topological polar surface area (TPSA) is 44.8 Å². The molecule has 2 unspecified atom stereocenters. The van der Waals surface area contributed by atoms with Gasteiger partial charge in [0, 0.05) is 13.5 Å². The Morgan fingerprint density at radius 2 is 2.00 bits per heavy atom. The third kappa shape index (κ3) is 4.05. The molecule has 1 aromatic carbocycles. The minimum Gasteiger partial charge on any atom is -0.487 e. The molecule has 0 heterocycles. The number of rotatable bonds is 6. The van der Waals surface area contributed by atoms with E-state index in [9.17, 15) is 4.79 Å². The average molecular weight is 292 g/mol. The Hall–Kier alpha value is -1.39. The molecule has 1 aromatic rings. The smallest absolute Gasteiger partial charge is 0.169 e. The van der Waals surface area contributed by atoms with Gasteiger partial charge in [-0.05, 0) is 23.1 Å². The van der Waals surface area contributed by atoms with Crippen molar-refractivity contribution in [3.8, 4) is 5.75 Å². The molecule has 2 rings (SSSR count). The number of carbonyl (C=O) groups excluding carboxylic acids is 1. The van der Waals surface area contributed by atoms with Crippen LogP contribution in [0.1, 0.15) is 32.8 Å². The van der Waals surface area contributed by atoms with E-state index in [1.165, 1.54) is 5.56 Å². The summed E-state index contributed by atoms with van der Waals surface area (Å²) in [5, 5.41) is 0. The van der Waals surface area contributed by atoms with Crippen LogP contribution >= 0.6 is 0 Å². The fourth-order valence-corrected chi connectivity index (χ4v) is 2.24. The zero-order valence-electron chi connectivity index (χ0n) is 13.2. The molecule has 2 atom stereocenters. The van der Waals surface area contributed by atoms with E-state index in [4.69, 9.17) is 14.2 Å². The third-order valence-electron chi connectivity index (χ3n) is 3.63. The van der Waals surface area contributed by atoms with Crippen molar-refractivity contribution < 1.29 is 19.0 Å². The highest BCUT2D eigenvalue weighted by molar-refractivity contribution is 5.90. The fraction of sp³-hybridized carbons (Fsp3) is 0.588. The summed E-state index contributed by atoms with van der Waals surface area (Å²) in [5.74, 6) is 0.892. The van der Waals surface area contributed by atoms with E-state index >= 15 is 0 Å². The molecule has 0 saturated heterocycles. The second-order valence-corrected chi connectivity index (χ2v) is 6.39. The van der Waals surface area contributed by atoms with E-state index in [1.807, 2.05) is 18.2 Å². The van der Waals surface area contributed by atoms with Gasteiger partial charge in [0.25, 0.3) is 0 Å². The normalized spacial score (nSPS) is 22.0. The van der Waals surface area contributed by atoms with Crippen LogP contribution in [0.2, 0.25) is 0 Å². The van der Waals surface area contributed by atoms with Crippen molar-refractivity contribution in [1.29, 1.82) is 0 Å². The van der Waals surface area contributed by atoms with Crippen LogP contribution in [0, 0.1) is 0 Å². The predicted molar refractivity (Wildman–Crippen MR) is 80.8 cm³/mol. The first-order valence-corrected chi connectivity index (χ1v) is 7.32. The second kappa shape index (κ2) is 6.58. The highest BCUT2D eigenvalue weighted by atomic mass is 16.6. The number of Topliss-reactive ketones (excluding diaryl/α,β-unsaturated/α-hetero) is 1. The highest BCUT2D eigenvalue weighted by Gasteiger charge is 2.42. The monoisotopic (exact) mass is 292 g/mol. The molecule has 0 spiro atoms. The summed E-state index contributed by atoms with van der Waals surface area (Å²) in [6.45, 7) is 7.38. The molecule has 0 aliphatic heterocycles. The SMILES string of the molecule is COCCOC1C(=O)CC1Oc1cccc(C(C)(C)C)c1. The Kier molecular flexibility index (Phi) is 5.01. The first-order valence-electron chi connectivity index (χ1n) is 7.32. The van der Waals surface area contributed by atoms with Crippen LogP contribution in [0.15, 0.2) is 24.3 Å². The van der Waals surface area contributed by atoms with Crippen LogP contribution < -0.4 is 4.74 Å². The van der Waals surface area contributed by atoms with Crippen molar-refractivity contribution in [2.75, 3.05) is 20.3 Å². The number of ketones is 1. The molecular weight excluding hydrogens is 268 g/mol. The van der Waals surface area contributed by atoms with Crippen molar-refractivity contribution in [2.45, 2.75) is 44.8 Å². The molecule has 0 amide bonds. The molecule has 1 aliphatic carbocycles.